The molecule has 0 bridgehead atoms. The van der Waals surface area contributed by atoms with Crippen LogP contribution in [0.3, 0.4) is 0 Å². The summed E-state index contributed by atoms with van der Waals surface area (Å²) < 4.78 is 19.2. The molecule has 4 heteroatoms. The predicted octanol–water partition coefficient (Wildman–Crippen LogP) is 3.10. The van der Waals surface area contributed by atoms with Crippen LogP contribution in [0.5, 0.6) is 5.75 Å². The SMILES string of the molecule is Cc1ccc2c(c1)N(C(=O)Cc1ccccc1F)CCO2. The number of halogens is 1. The van der Waals surface area contributed by atoms with Crippen LogP contribution in [0.25, 0.3) is 0 Å². The summed E-state index contributed by atoms with van der Waals surface area (Å²) >= 11 is 0. The number of fused-ring (bicyclic) bond motifs is 1. The third-order valence-electron chi connectivity index (χ3n) is 3.58. The van der Waals surface area contributed by atoms with Gasteiger partial charge in [-0.25, -0.2) is 4.39 Å². The van der Waals surface area contributed by atoms with E-state index in [1.54, 1.807) is 23.1 Å². The number of nitrogens with zero attached hydrogens (tertiary/aromatic N) is 1. The monoisotopic (exact) mass is 285 g/mol. The second-order valence-corrected chi connectivity index (χ2v) is 5.13. The van der Waals surface area contributed by atoms with Gasteiger partial charge in [-0.1, -0.05) is 24.3 Å². The zero-order valence-electron chi connectivity index (χ0n) is 11.8. The summed E-state index contributed by atoms with van der Waals surface area (Å²) in [6.07, 6.45) is 0.0556. The molecule has 0 atom stereocenters. The molecule has 0 N–H and O–H groups in total. The average Bonchev–Trinajstić information content (AvgIpc) is 2.49. The number of ether oxygens (including phenoxy) is 1. The predicted molar refractivity (Wildman–Crippen MR) is 79.1 cm³/mol. The number of rotatable bonds is 2. The molecule has 1 amide bonds. The Morgan fingerprint density at radius 3 is 2.90 bits per heavy atom. The van der Waals surface area contributed by atoms with Crippen molar-refractivity contribution in [2.24, 2.45) is 0 Å². The van der Waals surface area contributed by atoms with Gasteiger partial charge in [0, 0.05) is 0 Å². The molecule has 0 aliphatic carbocycles. The fourth-order valence-electron chi connectivity index (χ4n) is 2.49. The lowest BCUT2D eigenvalue weighted by Crippen LogP contribution is -2.39. The van der Waals surface area contributed by atoms with E-state index in [1.807, 2.05) is 25.1 Å². The lowest BCUT2D eigenvalue weighted by Gasteiger charge is -2.30. The van der Waals surface area contributed by atoms with Crippen LogP contribution in [0.2, 0.25) is 0 Å². The van der Waals surface area contributed by atoms with Crippen molar-refractivity contribution in [3.8, 4) is 5.75 Å². The Balaban J connectivity index is 1.87. The van der Waals surface area contributed by atoms with Gasteiger partial charge in [0.1, 0.15) is 18.2 Å². The van der Waals surface area contributed by atoms with Gasteiger partial charge in [0.05, 0.1) is 18.7 Å². The van der Waals surface area contributed by atoms with Gasteiger partial charge >= 0.3 is 0 Å². The molecule has 2 aromatic rings. The second kappa shape index (κ2) is 5.56. The minimum Gasteiger partial charge on any atom is -0.490 e. The largest absolute Gasteiger partial charge is 0.490 e. The van der Waals surface area contributed by atoms with Crippen LogP contribution in [-0.4, -0.2) is 19.1 Å². The van der Waals surface area contributed by atoms with E-state index < -0.39 is 0 Å². The fourth-order valence-corrected chi connectivity index (χ4v) is 2.49. The van der Waals surface area contributed by atoms with Crippen molar-refractivity contribution in [2.75, 3.05) is 18.1 Å². The number of hydrogen-bond acceptors (Lipinski definition) is 2. The van der Waals surface area contributed by atoms with Gasteiger partial charge in [-0.15, -0.1) is 0 Å². The molecule has 0 fully saturated rings. The Hall–Kier alpha value is -2.36. The van der Waals surface area contributed by atoms with Gasteiger partial charge in [0.15, 0.2) is 0 Å². The highest BCUT2D eigenvalue weighted by Gasteiger charge is 2.24. The molecule has 0 unspecified atom stereocenters. The Morgan fingerprint density at radius 1 is 1.29 bits per heavy atom. The van der Waals surface area contributed by atoms with Crippen molar-refractivity contribution in [3.05, 3.63) is 59.4 Å². The van der Waals surface area contributed by atoms with Crippen molar-refractivity contribution in [1.82, 2.24) is 0 Å². The van der Waals surface area contributed by atoms with Crippen molar-refractivity contribution >= 4 is 11.6 Å². The standard InChI is InChI=1S/C17H16FNO2/c1-12-6-7-16-15(10-12)19(8-9-21-16)17(20)11-13-4-2-3-5-14(13)18/h2-7,10H,8-9,11H2,1H3. The Morgan fingerprint density at radius 2 is 2.10 bits per heavy atom. The first-order valence-electron chi connectivity index (χ1n) is 6.92. The normalized spacial score (nSPS) is 13.5. The molecule has 0 saturated carbocycles. The molecule has 2 aromatic carbocycles. The highest BCUT2D eigenvalue weighted by atomic mass is 19.1. The zero-order chi connectivity index (χ0) is 14.8. The maximum absolute atomic E-state index is 13.7. The first kappa shape index (κ1) is 13.6. The molecular formula is C17H16FNO2. The number of amides is 1. The smallest absolute Gasteiger partial charge is 0.231 e. The number of benzene rings is 2. The number of hydrogen-bond donors (Lipinski definition) is 0. The van der Waals surface area contributed by atoms with E-state index in [1.165, 1.54) is 6.07 Å². The second-order valence-electron chi connectivity index (χ2n) is 5.13. The van der Waals surface area contributed by atoms with Gasteiger partial charge < -0.3 is 9.64 Å². The molecule has 1 aliphatic rings. The summed E-state index contributed by atoms with van der Waals surface area (Å²) in [5.74, 6) is 0.243. The molecule has 21 heavy (non-hydrogen) atoms. The van der Waals surface area contributed by atoms with Crippen LogP contribution < -0.4 is 9.64 Å². The van der Waals surface area contributed by atoms with Gasteiger partial charge in [-0.05, 0) is 36.2 Å². The number of carbonyl (C=O) groups excluding carboxylic acids is 1. The summed E-state index contributed by atoms with van der Waals surface area (Å²) in [5.41, 5.74) is 2.24. The fraction of sp³-hybridized carbons (Fsp3) is 0.235. The molecule has 0 radical (unpaired) electrons. The maximum atomic E-state index is 13.7. The molecule has 1 heterocycles. The van der Waals surface area contributed by atoms with Crippen molar-refractivity contribution in [3.63, 3.8) is 0 Å². The van der Waals surface area contributed by atoms with Gasteiger partial charge in [-0.2, -0.15) is 0 Å². The van der Waals surface area contributed by atoms with E-state index >= 15 is 0 Å². The Bertz CT molecular complexity index is 684. The summed E-state index contributed by atoms with van der Waals surface area (Å²) in [7, 11) is 0. The third kappa shape index (κ3) is 2.75. The highest BCUT2D eigenvalue weighted by Crippen LogP contribution is 2.32. The molecule has 3 rings (SSSR count). The van der Waals surface area contributed by atoms with Crippen LogP contribution in [0.15, 0.2) is 42.5 Å². The van der Waals surface area contributed by atoms with Crippen LogP contribution in [0.4, 0.5) is 10.1 Å². The maximum Gasteiger partial charge on any atom is 0.231 e. The molecule has 3 nitrogen and oxygen atoms in total. The molecule has 1 aliphatic heterocycles. The van der Waals surface area contributed by atoms with E-state index in [4.69, 9.17) is 4.74 Å². The first-order chi connectivity index (χ1) is 10.1. The number of aryl methyl sites for hydroxylation is 1. The first-order valence-corrected chi connectivity index (χ1v) is 6.92. The van der Waals surface area contributed by atoms with Crippen molar-refractivity contribution < 1.29 is 13.9 Å². The van der Waals surface area contributed by atoms with Crippen molar-refractivity contribution in [1.29, 1.82) is 0 Å². The lowest BCUT2D eigenvalue weighted by molar-refractivity contribution is -0.118. The van der Waals surface area contributed by atoms with E-state index in [-0.39, 0.29) is 18.1 Å². The van der Waals surface area contributed by atoms with E-state index in [2.05, 4.69) is 0 Å². The highest BCUT2D eigenvalue weighted by molar-refractivity contribution is 5.96. The molecule has 0 saturated heterocycles. The quantitative estimate of drug-likeness (QED) is 0.848. The van der Waals surface area contributed by atoms with Crippen LogP contribution in [0, 0.1) is 12.7 Å². The van der Waals surface area contributed by atoms with Gasteiger partial charge in [0.2, 0.25) is 5.91 Å². The summed E-state index contributed by atoms with van der Waals surface area (Å²) in [6, 6.07) is 12.1. The Labute approximate surface area is 123 Å². The van der Waals surface area contributed by atoms with E-state index in [0.717, 1.165) is 11.3 Å². The number of anilines is 1. The number of carbonyl (C=O) groups is 1. The zero-order valence-corrected chi connectivity index (χ0v) is 11.8. The molecular weight excluding hydrogens is 269 g/mol. The minimum absolute atomic E-state index is 0.0556. The Kier molecular flexibility index (Phi) is 3.60. The van der Waals surface area contributed by atoms with Crippen molar-refractivity contribution in [2.45, 2.75) is 13.3 Å². The van der Waals surface area contributed by atoms with Crippen LogP contribution in [-0.2, 0) is 11.2 Å². The third-order valence-corrected chi connectivity index (χ3v) is 3.58. The van der Waals surface area contributed by atoms with Gasteiger partial charge in [0.25, 0.3) is 0 Å². The molecule has 0 aromatic heterocycles. The van der Waals surface area contributed by atoms with Crippen LogP contribution >= 0.6 is 0 Å². The molecule has 0 spiro atoms. The van der Waals surface area contributed by atoms with Crippen LogP contribution in [0.1, 0.15) is 11.1 Å². The lowest BCUT2D eigenvalue weighted by atomic mass is 10.1. The average molecular weight is 285 g/mol. The molecule has 108 valence electrons. The summed E-state index contributed by atoms with van der Waals surface area (Å²) in [5, 5.41) is 0. The van der Waals surface area contributed by atoms with E-state index in [9.17, 15) is 9.18 Å². The topological polar surface area (TPSA) is 29.5 Å². The minimum atomic E-state index is -0.344. The summed E-state index contributed by atoms with van der Waals surface area (Å²) in [6.45, 7) is 2.91. The van der Waals surface area contributed by atoms with Gasteiger partial charge in [-0.3, -0.25) is 4.79 Å². The summed E-state index contributed by atoms with van der Waals surface area (Å²) in [4.78, 5) is 14.2. The van der Waals surface area contributed by atoms with E-state index in [0.29, 0.717) is 24.5 Å².